The number of thiazole rings is 1. The average Bonchev–Trinajstić information content (AvgIpc) is 3.90. The maximum absolute atomic E-state index is 6.38. The number of anilines is 3. The Morgan fingerprint density at radius 3 is 1.39 bits per heavy atom. The third-order valence-electron chi connectivity index (χ3n) is 11.1. The first kappa shape index (κ1) is 34.7. The van der Waals surface area contributed by atoms with Crippen LogP contribution in [-0.4, -0.2) is 4.98 Å². The Morgan fingerprint density at radius 1 is 0.339 bits per heavy atom. The van der Waals surface area contributed by atoms with Gasteiger partial charge in [-0.15, -0.1) is 11.3 Å². The van der Waals surface area contributed by atoms with Crippen LogP contribution in [0.25, 0.3) is 87.2 Å². The lowest BCUT2D eigenvalue weighted by Crippen LogP contribution is -2.10. The lowest BCUT2D eigenvalue weighted by Gasteiger charge is -2.26. The molecule has 59 heavy (non-hydrogen) atoms. The number of rotatable bonds is 8. The van der Waals surface area contributed by atoms with Gasteiger partial charge in [0.15, 0.2) is 0 Å². The van der Waals surface area contributed by atoms with Gasteiger partial charge in [0.1, 0.15) is 16.2 Å². The molecular formula is C55H36N2OS. The number of fused-ring (bicyclic) bond motifs is 4. The number of furan rings is 1. The van der Waals surface area contributed by atoms with Gasteiger partial charge < -0.3 is 9.32 Å². The van der Waals surface area contributed by atoms with E-state index in [9.17, 15) is 0 Å². The van der Waals surface area contributed by atoms with Crippen LogP contribution in [-0.2, 0) is 0 Å². The van der Waals surface area contributed by atoms with Gasteiger partial charge in [-0.05, 0) is 99.1 Å². The van der Waals surface area contributed by atoms with Gasteiger partial charge in [-0.25, -0.2) is 4.98 Å². The summed E-state index contributed by atoms with van der Waals surface area (Å²) >= 11 is 1.72. The van der Waals surface area contributed by atoms with Crippen LogP contribution >= 0.6 is 11.3 Å². The van der Waals surface area contributed by atoms with Crippen molar-refractivity contribution in [2.24, 2.45) is 0 Å². The molecule has 4 heteroatoms. The molecule has 9 aromatic carbocycles. The maximum Gasteiger partial charge on any atom is 0.137 e. The van der Waals surface area contributed by atoms with Crippen molar-refractivity contribution in [3.8, 4) is 55.1 Å². The lowest BCUT2D eigenvalue weighted by molar-refractivity contribution is 0.669. The molecule has 2 aromatic heterocycles. The minimum absolute atomic E-state index is 0.855. The summed E-state index contributed by atoms with van der Waals surface area (Å²) in [5.74, 6) is 0. The molecule has 11 aromatic rings. The molecule has 0 aliphatic rings. The van der Waals surface area contributed by atoms with E-state index < -0.39 is 0 Å². The van der Waals surface area contributed by atoms with Crippen LogP contribution in [0.4, 0.5) is 17.1 Å². The molecule has 0 saturated carbocycles. The molecule has 3 nitrogen and oxygen atoms in total. The molecule has 278 valence electrons. The van der Waals surface area contributed by atoms with Gasteiger partial charge >= 0.3 is 0 Å². The van der Waals surface area contributed by atoms with Gasteiger partial charge in [-0.1, -0.05) is 158 Å². The zero-order valence-corrected chi connectivity index (χ0v) is 32.8. The van der Waals surface area contributed by atoms with Gasteiger partial charge in [0.25, 0.3) is 0 Å². The number of aromatic nitrogens is 1. The minimum Gasteiger partial charge on any atom is -0.456 e. The molecule has 0 N–H and O–H groups in total. The van der Waals surface area contributed by atoms with E-state index in [2.05, 4.69) is 217 Å². The predicted octanol–water partition coefficient (Wildman–Crippen LogP) is 16.0. The Bertz CT molecular complexity index is 3230. The fourth-order valence-corrected chi connectivity index (χ4v) is 9.07. The summed E-state index contributed by atoms with van der Waals surface area (Å²) < 4.78 is 7.53. The summed E-state index contributed by atoms with van der Waals surface area (Å²) in [4.78, 5) is 7.29. The number of hydrogen-bond acceptors (Lipinski definition) is 4. The monoisotopic (exact) mass is 772 g/mol. The van der Waals surface area contributed by atoms with Crippen LogP contribution in [0.15, 0.2) is 223 Å². The topological polar surface area (TPSA) is 29.3 Å². The third-order valence-corrected chi connectivity index (χ3v) is 12.2. The Morgan fingerprint density at radius 2 is 0.797 bits per heavy atom. The molecule has 0 saturated heterocycles. The molecule has 0 amide bonds. The highest BCUT2D eigenvalue weighted by Gasteiger charge is 2.17. The van der Waals surface area contributed by atoms with E-state index in [1.165, 1.54) is 27.8 Å². The van der Waals surface area contributed by atoms with E-state index in [0.717, 1.165) is 76.5 Å². The molecule has 0 unspecified atom stereocenters. The SMILES string of the molecule is c1ccc(-c2ccc(-c3cccc(N(c4ccc(-c5ccccc5)cc4)c4ccc(-c5ccc6oc7cc8nc(-c9ccccc9)sc8cc7c6c5)cc4)c3)cc2)cc1. The van der Waals surface area contributed by atoms with Crippen LogP contribution in [0.1, 0.15) is 0 Å². The molecular weight excluding hydrogens is 737 g/mol. The summed E-state index contributed by atoms with van der Waals surface area (Å²) in [7, 11) is 0. The Kier molecular flexibility index (Phi) is 8.68. The quantitative estimate of drug-likeness (QED) is 0.154. The fourth-order valence-electron chi connectivity index (χ4n) is 8.08. The summed E-state index contributed by atoms with van der Waals surface area (Å²) in [6, 6.07) is 77.7. The van der Waals surface area contributed by atoms with Gasteiger partial charge in [-0.3, -0.25) is 0 Å². The first-order valence-electron chi connectivity index (χ1n) is 19.8. The number of hydrogen-bond donors (Lipinski definition) is 0. The fraction of sp³-hybridized carbons (Fsp3) is 0. The summed E-state index contributed by atoms with van der Waals surface area (Å²) in [5, 5.41) is 3.23. The Labute approximate surface area is 346 Å². The van der Waals surface area contributed by atoms with Gasteiger partial charge in [-0.2, -0.15) is 0 Å². The smallest absolute Gasteiger partial charge is 0.137 e. The highest BCUT2D eigenvalue weighted by Crippen LogP contribution is 2.41. The number of benzene rings is 9. The highest BCUT2D eigenvalue weighted by molar-refractivity contribution is 7.21. The molecule has 0 radical (unpaired) electrons. The molecule has 0 atom stereocenters. The molecule has 0 bridgehead atoms. The van der Waals surface area contributed by atoms with Gasteiger partial charge in [0.2, 0.25) is 0 Å². The average molecular weight is 773 g/mol. The van der Waals surface area contributed by atoms with Gasteiger partial charge in [0.05, 0.1) is 10.2 Å². The summed E-state index contributed by atoms with van der Waals surface area (Å²) in [6.07, 6.45) is 0. The second kappa shape index (κ2) is 14.8. The second-order valence-corrected chi connectivity index (χ2v) is 15.8. The second-order valence-electron chi connectivity index (χ2n) is 14.8. The predicted molar refractivity (Wildman–Crippen MR) is 249 cm³/mol. The van der Waals surface area contributed by atoms with E-state index in [4.69, 9.17) is 9.40 Å². The van der Waals surface area contributed by atoms with Crippen molar-refractivity contribution in [3.05, 3.63) is 218 Å². The highest BCUT2D eigenvalue weighted by atomic mass is 32.1. The van der Waals surface area contributed by atoms with Crippen LogP contribution in [0.3, 0.4) is 0 Å². The molecule has 0 fully saturated rings. The Hall–Kier alpha value is -7.53. The van der Waals surface area contributed by atoms with Crippen molar-refractivity contribution in [1.82, 2.24) is 4.98 Å². The van der Waals surface area contributed by atoms with Crippen molar-refractivity contribution >= 4 is 60.6 Å². The number of nitrogens with zero attached hydrogens (tertiary/aromatic N) is 2. The van der Waals surface area contributed by atoms with Crippen molar-refractivity contribution in [3.63, 3.8) is 0 Å². The van der Waals surface area contributed by atoms with Crippen molar-refractivity contribution in [1.29, 1.82) is 0 Å². The van der Waals surface area contributed by atoms with Crippen molar-refractivity contribution in [2.45, 2.75) is 0 Å². The Balaban J connectivity index is 0.949. The minimum atomic E-state index is 0.855. The summed E-state index contributed by atoms with van der Waals surface area (Å²) in [6.45, 7) is 0. The van der Waals surface area contributed by atoms with Crippen molar-refractivity contribution < 1.29 is 4.42 Å². The third kappa shape index (κ3) is 6.66. The largest absolute Gasteiger partial charge is 0.456 e. The first-order chi connectivity index (χ1) is 29.2. The standard InChI is InChI=1S/C55H36N2OS/c1-4-11-37(12-5-1)39-19-21-41(22-20-39)44-17-10-18-48(33-44)57(46-28-23-40(24-29-46)38-13-6-2-7-14-38)47-30-25-42(26-31-47)45-27-32-52-49(34-45)50-35-54-51(36-53(50)58-52)56-55(59-54)43-15-8-3-9-16-43/h1-36H. The molecule has 0 aliphatic carbocycles. The van der Waals surface area contributed by atoms with E-state index in [1.54, 1.807) is 11.3 Å². The molecule has 0 aliphatic heterocycles. The summed E-state index contributed by atoms with van der Waals surface area (Å²) in [5.41, 5.74) is 16.5. The molecule has 2 heterocycles. The van der Waals surface area contributed by atoms with E-state index in [1.807, 2.05) is 6.07 Å². The zero-order chi connectivity index (χ0) is 39.1. The molecule has 0 spiro atoms. The van der Waals surface area contributed by atoms with Crippen molar-refractivity contribution in [2.75, 3.05) is 4.90 Å². The van der Waals surface area contributed by atoms with E-state index in [-0.39, 0.29) is 0 Å². The maximum atomic E-state index is 6.38. The zero-order valence-electron chi connectivity index (χ0n) is 32.0. The van der Waals surface area contributed by atoms with Gasteiger partial charge in [0, 0.05) is 39.5 Å². The van der Waals surface area contributed by atoms with E-state index >= 15 is 0 Å². The van der Waals surface area contributed by atoms with Crippen LogP contribution in [0.5, 0.6) is 0 Å². The van der Waals surface area contributed by atoms with E-state index in [0.29, 0.717) is 0 Å². The van der Waals surface area contributed by atoms with Crippen LogP contribution in [0.2, 0.25) is 0 Å². The molecule has 11 rings (SSSR count). The normalized spacial score (nSPS) is 11.4. The van der Waals surface area contributed by atoms with Crippen LogP contribution in [0, 0.1) is 0 Å². The first-order valence-corrected chi connectivity index (χ1v) is 20.7. The lowest BCUT2D eigenvalue weighted by atomic mass is 9.99. The van der Waals surface area contributed by atoms with Crippen LogP contribution < -0.4 is 4.90 Å².